The fraction of sp³-hybridized carbons (Fsp3) is 0.471. The summed E-state index contributed by atoms with van der Waals surface area (Å²) in [6, 6.07) is 8.32. The predicted molar refractivity (Wildman–Crippen MR) is 85.8 cm³/mol. The van der Waals surface area contributed by atoms with Crippen molar-refractivity contribution in [1.29, 1.82) is 0 Å². The van der Waals surface area contributed by atoms with Gasteiger partial charge in [-0.05, 0) is 49.9 Å². The minimum atomic E-state index is 0.209. The summed E-state index contributed by atoms with van der Waals surface area (Å²) in [5.74, 6) is 0.877. The maximum atomic E-state index is 6.09. The monoisotopic (exact) mass is 287 g/mol. The number of methoxy groups -OCH3 is 1. The maximum Gasteiger partial charge on any atom is 0.118 e. The van der Waals surface area contributed by atoms with E-state index in [9.17, 15) is 0 Å². The van der Waals surface area contributed by atoms with Crippen molar-refractivity contribution in [3.05, 3.63) is 46.8 Å². The molecular formula is C17H25N3O. The van der Waals surface area contributed by atoms with E-state index in [4.69, 9.17) is 10.5 Å². The van der Waals surface area contributed by atoms with Gasteiger partial charge in [-0.2, -0.15) is 5.10 Å². The zero-order chi connectivity index (χ0) is 15.4. The first-order valence-electron chi connectivity index (χ1n) is 7.46. The minimum absolute atomic E-state index is 0.209. The van der Waals surface area contributed by atoms with Gasteiger partial charge in [-0.15, -0.1) is 0 Å². The Morgan fingerprint density at radius 2 is 1.90 bits per heavy atom. The van der Waals surface area contributed by atoms with E-state index in [2.05, 4.69) is 42.7 Å². The Morgan fingerprint density at radius 1 is 1.24 bits per heavy atom. The SMILES string of the molecule is CCC(N)Cc1c(C)nn(Cc2ccc(OC)cc2)c1C. The van der Waals surface area contributed by atoms with E-state index in [1.54, 1.807) is 7.11 Å². The average molecular weight is 287 g/mol. The minimum Gasteiger partial charge on any atom is -0.497 e. The summed E-state index contributed by atoms with van der Waals surface area (Å²) in [5.41, 5.74) is 10.9. The normalized spacial score (nSPS) is 12.4. The van der Waals surface area contributed by atoms with Gasteiger partial charge in [0.05, 0.1) is 19.3 Å². The van der Waals surface area contributed by atoms with Gasteiger partial charge >= 0.3 is 0 Å². The van der Waals surface area contributed by atoms with Gasteiger partial charge in [-0.3, -0.25) is 4.68 Å². The summed E-state index contributed by atoms with van der Waals surface area (Å²) in [6.45, 7) is 7.09. The second kappa shape index (κ2) is 6.76. The quantitative estimate of drug-likeness (QED) is 0.889. The van der Waals surface area contributed by atoms with Gasteiger partial charge in [0.15, 0.2) is 0 Å². The van der Waals surface area contributed by atoms with Crippen LogP contribution in [0.2, 0.25) is 0 Å². The number of aryl methyl sites for hydroxylation is 1. The third-order valence-electron chi connectivity index (χ3n) is 4.01. The third kappa shape index (κ3) is 3.64. The molecule has 4 nitrogen and oxygen atoms in total. The van der Waals surface area contributed by atoms with Crippen LogP contribution in [0.3, 0.4) is 0 Å². The van der Waals surface area contributed by atoms with Crippen LogP contribution in [-0.2, 0) is 13.0 Å². The van der Waals surface area contributed by atoms with Crippen molar-refractivity contribution in [2.24, 2.45) is 5.73 Å². The van der Waals surface area contributed by atoms with Crippen LogP contribution in [0, 0.1) is 13.8 Å². The predicted octanol–water partition coefficient (Wildman–Crippen LogP) is 2.84. The summed E-state index contributed by atoms with van der Waals surface area (Å²) in [7, 11) is 1.68. The number of rotatable bonds is 6. The van der Waals surface area contributed by atoms with Crippen molar-refractivity contribution in [1.82, 2.24) is 9.78 Å². The van der Waals surface area contributed by atoms with E-state index in [0.29, 0.717) is 0 Å². The van der Waals surface area contributed by atoms with Crippen LogP contribution in [0.15, 0.2) is 24.3 Å². The zero-order valence-corrected chi connectivity index (χ0v) is 13.4. The number of ether oxygens (including phenoxy) is 1. The molecule has 114 valence electrons. The van der Waals surface area contributed by atoms with E-state index >= 15 is 0 Å². The molecule has 0 bridgehead atoms. The topological polar surface area (TPSA) is 53.1 Å². The summed E-state index contributed by atoms with van der Waals surface area (Å²) in [6.07, 6.45) is 1.89. The average Bonchev–Trinajstić information content (AvgIpc) is 2.75. The van der Waals surface area contributed by atoms with Crippen LogP contribution >= 0.6 is 0 Å². The molecule has 2 N–H and O–H groups in total. The Kier molecular flexibility index (Phi) is 5.02. The number of nitrogens with zero attached hydrogens (tertiary/aromatic N) is 2. The molecule has 4 heteroatoms. The summed E-state index contributed by atoms with van der Waals surface area (Å²) >= 11 is 0. The lowest BCUT2D eigenvalue weighted by atomic mass is 10.0. The Labute approximate surface area is 126 Å². The molecule has 1 aromatic heterocycles. The van der Waals surface area contributed by atoms with Crippen molar-refractivity contribution in [2.45, 2.75) is 46.2 Å². The number of hydrogen-bond donors (Lipinski definition) is 1. The highest BCUT2D eigenvalue weighted by Gasteiger charge is 2.14. The number of hydrogen-bond acceptors (Lipinski definition) is 3. The third-order valence-corrected chi connectivity index (χ3v) is 4.01. The molecule has 0 amide bonds. The lowest BCUT2D eigenvalue weighted by molar-refractivity contribution is 0.414. The van der Waals surface area contributed by atoms with Crippen LogP contribution in [-0.4, -0.2) is 22.9 Å². The first-order chi connectivity index (χ1) is 10.0. The van der Waals surface area contributed by atoms with Gasteiger partial charge in [-0.1, -0.05) is 19.1 Å². The Morgan fingerprint density at radius 3 is 2.48 bits per heavy atom. The van der Waals surface area contributed by atoms with Gasteiger partial charge in [-0.25, -0.2) is 0 Å². The van der Waals surface area contributed by atoms with Crippen LogP contribution in [0.4, 0.5) is 0 Å². The highest BCUT2D eigenvalue weighted by atomic mass is 16.5. The van der Waals surface area contributed by atoms with Crippen LogP contribution in [0.25, 0.3) is 0 Å². The summed E-state index contributed by atoms with van der Waals surface area (Å²) in [4.78, 5) is 0. The first kappa shape index (κ1) is 15.6. The molecule has 0 aliphatic heterocycles. The zero-order valence-electron chi connectivity index (χ0n) is 13.4. The summed E-state index contributed by atoms with van der Waals surface area (Å²) in [5, 5.41) is 4.67. The molecular weight excluding hydrogens is 262 g/mol. The molecule has 0 saturated heterocycles. The number of aromatic nitrogens is 2. The molecule has 2 rings (SSSR count). The van der Waals surface area contributed by atoms with Gasteiger partial charge in [0.2, 0.25) is 0 Å². The second-order valence-corrected chi connectivity index (χ2v) is 5.53. The fourth-order valence-electron chi connectivity index (χ4n) is 2.49. The first-order valence-corrected chi connectivity index (χ1v) is 7.46. The lowest BCUT2D eigenvalue weighted by Crippen LogP contribution is -2.22. The number of benzene rings is 1. The highest BCUT2D eigenvalue weighted by Crippen LogP contribution is 2.18. The smallest absolute Gasteiger partial charge is 0.118 e. The second-order valence-electron chi connectivity index (χ2n) is 5.53. The van der Waals surface area contributed by atoms with Crippen molar-refractivity contribution < 1.29 is 4.74 Å². The van der Waals surface area contributed by atoms with Crippen LogP contribution in [0.5, 0.6) is 5.75 Å². The van der Waals surface area contributed by atoms with Crippen molar-refractivity contribution in [2.75, 3.05) is 7.11 Å². The molecule has 1 heterocycles. The van der Waals surface area contributed by atoms with Gasteiger partial charge < -0.3 is 10.5 Å². The molecule has 0 fully saturated rings. The van der Waals surface area contributed by atoms with E-state index in [0.717, 1.165) is 30.8 Å². The van der Waals surface area contributed by atoms with Crippen molar-refractivity contribution >= 4 is 0 Å². The molecule has 0 aliphatic rings. The molecule has 1 unspecified atom stereocenters. The van der Waals surface area contributed by atoms with Crippen LogP contribution < -0.4 is 10.5 Å². The highest BCUT2D eigenvalue weighted by molar-refractivity contribution is 5.29. The Hall–Kier alpha value is -1.81. The maximum absolute atomic E-state index is 6.09. The van der Waals surface area contributed by atoms with Crippen LogP contribution in [0.1, 0.15) is 35.9 Å². The lowest BCUT2D eigenvalue weighted by Gasteiger charge is -2.10. The molecule has 1 atom stereocenters. The van der Waals surface area contributed by atoms with Gasteiger partial charge in [0, 0.05) is 11.7 Å². The molecule has 0 radical (unpaired) electrons. The Bertz CT molecular complexity index is 587. The molecule has 0 saturated carbocycles. The molecule has 0 spiro atoms. The van der Waals surface area contributed by atoms with E-state index in [-0.39, 0.29) is 6.04 Å². The number of nitrogens with two attached hydrogens (primary N) is 1. The standard InChI is InChI=1S/C17H25N3O/c1-5-15(18)10-17-12(2)19-20(13(17)3)11-14-6-8-16(21-4)9-7-14/h6-9,15H,5,10-11,18H2,1-4H3. The van der Waals surface area contributed by atoms with Crippen molar-refractivity contribution in [3.63, 3.8) is 0 Å². The largest absolute Gasteiger partial charge is 0.497 e. The molecule has 0 aliphatic carbocycles. The van der Waals surface area contributed by atoms with Crippen molar-refractivity contribution in [3.8, 4) is 5.75 Å². The van der Waals surface area contributed by atoms with E-state index < -0.39 is 0 Å². The van der Waals surface area contributed by atoms with E-state index in [1.165, 1.54) is 16.8 Å². The Balaban J connectivity index is 2.18. The molecule has 21 heavy (non-hydrogen) atoms. The molecule has 1 aromatic carbocycles. The molecule has 2 aromatic rings. The van der Waals surface area contributed by atoms with Gasteiger partial charge in [0.25, 0.3) is 0 Å². The van der Waals surface area contributed by atoms with Gasteiger partial charge in [0.1, 0.15) is 5.75 Å². The summed E-state index contributed by atoms with van der Waals surface area (Å²) < 4.78 is 7.25. The van der Waals surface area contributed by atoms with E-state index in [1.807, 2.05) is 12.1 Å². The fourth-order valence-corrected chi connectivity index (χ4v) is 2.49.